The Bertz CT molecular complexity index is 62.1. The van der Waals surface area contributed by atoms with E-state index in [1.54, 1.807) is 0 Å². The summed E-state index contributed by atoms with van der Waals surface area (Å²) in [5.41, 5.74) is 0. The first-order valence-electron chi connectivity index (χ1n) is 3.46. The zero-order valence-corrected chi connectivity index (χ0v) is 18.1. The molecule has 0 amide bonds. The molecular formula is H12O8Si6Ti. The topological polar surface area (TPSA) is 112 Å². The molecule has 1 rings (SSSR count). The molecule has 0 atom stereocenters. The fourth-order valence-electron chi connectivity index (χ4n) is 0.558. The van der Waals surface area contributed by atoms with Gasteiger partial charge in [-0.3, -0.25) is 0 Å². The van der Waals surface area contributed by atoms with Crippen molar-refractivity contribution in [2.75, 3.05) is 0 Å². The van der Waals surface area contributed by atoms with E-state index in [1.165, 1.54) is 0 Å². The van der Waals surface area contributed by atoms with Crippen molar-refractivity contribution in [2.24, 2.45) is 0 Å². The second-order valence-corrected chi connectivity index (χ2v) is 13.1. The second-order valence-electron chi connectivity index (χ2n) is 1.93. The third kappa shape index (κ3) is 15.7. The Labute approximate surface area is 117 Å². The fraction of sp³-hybridized carbons (Fsp3) is 0. The van der Waals surface area contributed by atoms with Crippen molar-refractivity contribution in [3.63, 3.8) is 0 Å². The van der Waals surface area contributed by atoms with Gasteiger partial charge in [0.25, 0.3) is 60.0 Å². The van der Waals surface area contributed by atoms with Crippen molar-refractivity contribution in [3.8, 4) is 0 Å². The van der Waals surface area contributed by atoms with Gasteiger partial charge in [0.1, 0.15) is 0 Å². The van der Waals surface area contributed by atoms with Crippen molar-refractivity contribution >= 4 is 60.0 Å². The summed E-state index contributed by atoms with van der Waals surface area (Å²) < 4.78 is 31.4. The molecule has 0 unspecified atom stereocenters. The summed E-state index contributed by atoms with van der Waals surface area (Å²) in [5.74, 6) is 0. The van der Waals surface area contributed by atoms with Crippen LogP contribution in [0.1, 0.15) is 0 Å². The molecule has 1 heterocycles. The van der Waals surface area contributed by atoms with Crippen molar-refractivity contribution in [2.45, 2.75) is 0 Å². The van der Waals surface area contributed by atoms with Gasteiger partial charge in [0.15, 0.2) is 0 Å². The van der Waals surface area contributed by atoms with E-state index < -0.39 is 60.0 Å². The molecule has 0 aromatic rings. The Morgan fingerprint density at radius 3 is 0.667 bits per heavy atom. The predicted molar refractivity (Wildman–Crippen MR) is 59.1 cm³/mol. The van der Waals surface area contributed by atoms with Crippen LogP contribution in [0.15, 0.2) is 0 Å². The molecule has 0 bridgehead atoms. The SMILES string of the molecule is O1[SiH2]O[SiH2]O[SiH2]O[SiH2]O[SiH2]O[SiH2]1.[O-2].[O-2].[Ti+4]. The largest absolute Gasteiger partial charge is 4.00 e. The van der Waals surface area contributed by atoms with Crippen molar-refractivity contribution in [1.29, 1.82) is 0 Å². The predicted octanol–water partition coefficient (Wildman–Crippen LogP) is -6.15. The maximum atomic E-state index is 5.24. The normalized spacial score (nSPS) is 28.8. The van der Waals surface area contributed by atoms with Gasteiger partial charge < -0.3 is 35.6 Å². The standard InChI is InChI=1S/H12O6Si6.2O.Ti/c1-7-2-9-4-11-6-12-5-10-3-8-1;;;/h7-12H2;;;/q;2*-2;+4. The molecule has 8 nitrogen and oxygen atoms in total. The van der Waals surface area contributed by atoms with Gasteiger partial charge in [-0.15, -0.1) is 0 Å². The first-order chi connectivity index (χ1) is 6.00. The van der Waals surface area contributed by atoms with Gasteiger partial charge in [0.2, 0.25) is 0 Å². The molecule has 1 aliphatic rings. The van der Waals surface area contributed by atoms with Crippen LogP contribution in [0.5, 0.6) is 0 Å². The molecule has 0 aromatic heterocycles. The summed E-state index contributed by atoms with van der Waals surface area (Å²) >= 11 is 0. The van der Waals surface area contributed by atoms with E-state index in [1.807, 2.05) is 0 Å². The summed E-state index contributed by atoms with van der Waals surface area (Å²) in [7, 11) is -4.77. The van der Waals surface area contributed by atoms with E-state index in [0.717, 1.165) is 0 Å². The van der Waals surface area contributed by atoms with E-state index in [4.69, 9.17) is 24.7 Å². The van der Waals surface area contributed by atoms with Gasteiger partial charge in [0.05, 0.1) is 0 Å². The van der Waals surface area contributed by atoms with Crippen LogP contribution in [0.2, 0.25) is 0 Å². The van der Waals surface area contributed by atoms with E-state index in [-0.39, 0.29) is 32.7 Å². The van der Waals surface area contributed by atoms with Crippen LogP contribution >= 0.6 is 0 Å². The van der Waals surface area contributed by atoms with Gasteiger partial charge in [0, 0.05) is 0 Å². The minimum absolute atomic E-state index is 0. The Morgan fingerprint density at radius 2 is 0.533 bits per heavy atom. The van der Waals surface area contributed by atoms with Crippen LogP contribution in [0, 0.1) is 0 Å². The van der Waals surface area contributed by atoms with Gasteiger partial charge >= 0.3 is 21.7 Å². The van der Waals surface area contributed by atoms with Crippen molar-refractivity contribution in [1.82, 2.24) is 0 Å². The van der Waals surface area contributed by atoms with E-state index in [2.05, 4.69) is 0 Å². The summed E-state index contributed by atoms with van der Waals surface area (Å²) in [6.07, 6.45) is 0. The molecule has 0 aliphatic carbocycles. The first kappa shape index (κ1) is 21.9. The Hall–Kier alpha value is 1.70. The first-order valence-corrected chi connectivity index (χ1v) is 10.4. The molecule has 15 heteroatoms. The van der Waals surface area contributed by atoms with Crippen LogP contribution < -0.4 is 0 Å². The number of hydrogen-bond donors (Lipinski definition) is 0. The molecule has 1 fully saturated rings. The van der Waals surface area contributed by atoms with E-state index >= 15 is 0 Å². The third-order valence-corrected chi connectivity index (χ3v) is 9.00. The quantitative estimate of drug-likeness (QED) is 0.399. The molecule has 88 valence electrons. The maximum Gasteiger partial charge on any atom is 4.00 e. The van der Waals surface area contributed by atoms with Crippen LogP contribution in [-0.4, -0.2) is 60.0 Å². The smallest absolute Gasteiger partial charge is 2.00 e. The average molecular weight is 356 g/mol. The molecule has 15 heavy (non-hydrogen) atoms. The fourth-order valence-corrected chi connectivity index (χ4v) is 11.4. The van der Waals surface area contributed by atoms with Crippen molar-refractivity contribution < 1.29 is 57.4 Å². The Morgan fingerprint density at radius 1 is 0.400 bits per heavy atom. The zero-order chi connectivity index (χ0) is 8.49. The zero-order valence-electron chi connectivity index (χ0n) is 8.01. The minimum atomic E-state index is -0.795. The second kappa shape index (κ2) is 18.1. The number of hydrogen-bond acceptors (Lipinski definition) is 6. The molecule has 0 aromatic carbocycles. The van der Waals surface area contributed by atoms with E-state index in [0.29, 0.717) is 0 Å². The Kier molecular flexibility index (Phi) is 26.4. The summed E-state index contributed by atoms with van der Waals surface area (Å²) in [4.78, 5) is 0. The molecule has 1 aliphatic heterocycles. The average Bonchev–Trinajstić information content (AvgIpc) is 2.05. The van der Waals surface area contributed by atoms with Crippen LogP contribution in [0.25, 0.3) is 0 Å². The van der Waals surface area contributed by atoms with Crippen LogP contribution in [0.4, 0.5) is 0 Å². The van der Waals surface area contributed by atoms with Gasteiger partial charge in [-0.25, -0.2) is 0 Å². The summed E-state index contributed by atoms with van der Waals surface area (Å²) in [5, 5.41) is 0. The van der Waals surface area contributed by atoms with Gasteiger partial charge in [-0.2, -0.15) is 0 Å². The number of rotatable bonds is 0. The summed E-state index contributed by atoms with van der Waals surface area (Å²) in [6.45, 7) is 0. The van der Waals surface area contributed by atoms with Crippen LogP contribution in [0.3, 0.4) is 0 Å². The maximum absolute atomic E-state index is 5.24. The minimum Gasteiger partial charge on any atom is -2.00 e. The molecule has 0 saturated carbocycles. The van der Waals surface area contributed by atoms with Gasteiger partial charge in [-0.1, -0.05) is 0 Å². The molecule has 0 spiro atoms. The van der Waals surface area contributed by atoms with Gasteiger partial charge in [-0.05, 0) is 0 Å². The monoisotopic (exact) mass is 356 g/mol. The van der Waals surface area contributed by atoms with Crippen LogP contribution in [-0.2, 0) is 57.4 Å². The molecular weight excluding hydrogens is 344 g/mol. The summed E-state index contributed by atoms with van der Waals surface area (Å²) in [6, 6.07) is 0. The molecule has 1 saturated heterocycles. The Balaban J connectivity index is -0.000000480. The molecule has 0 N–H and O–H groups in total. The van der Waals surface area contributed by atoms with Crippen molar-refractivity contribution in [3.05, 3.63) is 0 Å². The van der Waals surface area contributed by atoms with E-state index in [9.17, 15) is 0 Å². The molecule has 0 radical (unpaired) electrons. The third-order valence-electron chi connectivity index (χ3n) is 1.00.